The van der Waals surface area contributed by atoms with Gasteiger partial charge < -0.3 is 25.6 Å². The van der Waals surface area contributed by atoms with Crippen LogP contribution >= 0.6 is 0 Å². The maximum absolute atomic E-state index is 12.0. The first-order chi connectivity index (χ1) is 14.7. The van der Waals surface area contributed by atoms with E-state index in [1.54, 1.807) is 0 Å². The van der Waals surface area contributed by atoms with Gasteiger partial charge in [0, 0.05) is 49.0 Å². The number of ether oxygens (including phenoxy) is 1. The molecule has 3 aliphatic heterocycles. The summed E-state index contributed by atoms with van der Waals surface area (Å²) in [6.45, 7) is 3.28. The number of nitrogens with zero attached hydrogens (tertiary/aromatic N) is 3. The predicted molar refractivity (Wildman–Crippen MR) is 113 cm³/mol. The second kappa shape index (κ2) is 7.21. The Bertz CT molecular complexity index is 962. The lowest BCUT2D eigenvalue weighted by Gasteiger charge is -2.32. The lowest BCUT2D eigenvalue weighted by molar-refractivity contribution is 0.0299. The molecule has 2 aromatic rings. The van der Waals surface area contributed by atoms with E-state index in [-0.39, 0.29) is 6.03 Å². The molecule has 2 amide bonds. The van der Waals surface area contributed by atoms with Gasteiger partial charge in [-0.1, -0.05) is 12.1 Å². The molecule has 30 heavy (non-hydrogen) atoms. The summed E-state index contributed by atoms with van der Waals surface area (Å²) < 4.78 is 5.98. The molecule has 1 aliphatic carbocycles. The number of hydrogen-bond acceptors (Lipinski definition) is 6. The number of urea groups is 1. The highest BCUT2D eigenvalue weighted by Gasteiger charge is 2.35. The third-order valence-corrected chi connectivity index (χ3v) is 6.33. The molecule has 2 saturated heterocycles. The summed E-state index contributed by atoms with van der Waals surface area (Å²) in [6, 6.07) is 8.14. The Morgan fingerprint density at radius 3 is 2.53 bits per heavy atom. The standard InChI is InChI=1S/C22H26N6O2/c29-22(25-15-5-6-15)24-14-3-1-13(2-4-14)20-18-9-23-10-19(18)26-21(27-20)28-11-16-7-8-17(12-28)30-16/h1-4,15-17,23H,5-12H2,(H2,24,25,29). The Morgan fingerprint density at radius 1 is 1.03 bits per heavy atom. The highest BCUT2D eigenvalue weighted by molar-refractivity contribution is 5.90. The van der Waals surface area contributed by atoms with Crippen molar-refractivity contribution in [3.05, 3.63) is 35.5 Å². The molecule has 4 heterocycles. The first-order valence-corrected chi connectivity index (χ1v) is 10.9. The Morgan fingerprint density at radius 2 is 1.80 bits per heavy atom. The molecule has 1 saturated carbocycles. The largest absolute Gasteiger partial charge is 0.371 e. The van der Waals surface area contributed by atoms with E-state index in [2.05, 4.69) is 20.9 Å². The minimum atomic E-state index is -0.137. The SMILES string of the molecule is O=C(Nc1ccc(-c2nc(N3CC4CCC(C3)O4)nc3c2CNC3)cc1)NC1CC1. The monoisotopic (exact) mass is 406 g/mol. The van der Waals surface area contributed by atoms with Gasteiger partial charge in [0.05, 0.1) is 23.6 Å². The highest BCUT2D eigenvalue weighted by Crippen LogP contribution is 2.33. The van der Waals surface area contributed by atoms with E-state index in [9.17, 15) is 4.79 Å². The number of hydrogen-bond donors (Lipinski definition) is 3. The predicted octanol–water partition coefficient (Wildman–Crippen LogP) is 2.40. The van der Waals surface area contributed by atoms with Crippen molar-refractivity contribution in [2.75, 3.05) is 23.3 Å². The molecule has 8 nitrogen and oxygen atoms in total. The Kier molecular flexibility index (Phi) is 4.35. The molecule has 8 heteroatoms. The van der Waals surface area contributed by atoms with Crippen molar-refractivity contribution >= 4 is 17.7 Å². The van der Waals surface area contributed by atoms with Crippen LogP contribution in [0.5, 0.6) is 0 Å². The Hall–Kier alpha value is -2.71. The molecule has 3 fully saturated rings. The van der Waals surface area contributed by atoms with Crippen molar-refractivity contribution in [2.24, 2.45) is 0 Å². The van der Waals surface area contributed by atoms with E-state index in [1.807, 2.05) is 24.3 Å². The van der Waals surface area contributed by atoms with Crippen LogP contribution in [0.25, 0.3) is 11.3 Å². The van der Waals surface area contributed by atoms with E-state index in [0.717, 1.165) is 80.4 Å². The van der Waals surface area contributed by atoms with Crippen molar-refractivity contribution in [1.82, 2.24) is 20.6 Å². The molecule has 6 rings (SSSR count). The van der Waals surface area contributed by atoms with Crippen LogP contribution in [0.2, 0.25) is 0 Å². The topological polar surface area (TPSA) is 91.4 Å². The summed E-state index contributed by atoms with van der Waals surface area (Å²) in [5, 5.41) is 9.26. The van der Waals surface area contributed by atoms with Crippen LogP contribution in [0.3, 0.4) is 0 Å². The lowest BCUT2D eigenvalue weighted by atomic mass is 10.1. The normalized spacial score (nSPS) is 24.6. The summed E-state index contributed by atoms with van der Waals surface area (Å²) in [4.78, 5) is 24.1. The van der Waals surface area contributed by atoms with Gasteiger partial charge in [-0.3, -0.25) is 0 Å². The Labute approximate surface area is 175 Å². The van der Waals surface area contributed by atoms with Crippen LogP contribution in [0, 0.1) is 0 Å². The lowest BCUT2D eigenvalue weighted by Crippen LogP contribution is -2.43. The zero-order chi connectivity index (χ0) is 20.1. The van der Waals surface area contributed by atoms with E-state index in [4.69, 9.17) is 14.7 Å². The molecule has 2 unspecified atom stereocenters. The number of rotatable bonds is 4. The number of benzene rings is 1. The molecule has 1 aromatic heterocycles. The van der Waals surface area contributed by atoms with Crippen molar-refractivity contribution in [2.45, 2.75) is 57.0 Å². The third kappa shape index (κ3) is 3.50. The van der Waals surface area contributed by atoms with Crippen LogP contribution in [-0.4, -0.2) is 47.3 Å². The maximum Gasteiger partial charge on any atom is 0.319 e. The van der Waals surface area contributed by atoms with Gasteiger partial charge in [0.25, 0.3) is 0 Å². The summed E-state index contributed by atoms with van der Waals surface area (Å²) in [7, 11) is 0. The Balaban J connectivity index is 1.27. The second-order valence-corrected chi connectivity index (χ2v) is 8.71. The molecule has 2 atom stereocenters. The van der Waals surface area contributed by atoms with E-state index >= 15 is 0 Å². The molecule has 3 N–H and O–H groups in total. The van der Waals surface area contributed by atoms with Crippen molar-refractivity contribution in [1.29, 1.82) is 0 Å². The van der Waals surface area contributed by atoms with Crippen LogP contribution in [0.4, 0.5) is 16.4 Å². The average molecular weight is 406 g/mol. The van der Waals surface area contributed by atoms with Crippen molar-refractivity contribution in [3.8, 4) is 11.3 Å². The first kappa shape index (κ1) is 18.1. The summed E-state index contributed by atoms with van der Waals surface area (Å²) >= 11 is 0. The fraction of sp³-hybridized carbons (Fsp3) is 0.500. The summed E-state index contributed by atoms with van der Waals surface area (Å²) in [5.74, 6) is 0.804. The first-order valence-electron chi connectivity index (χ1n) is 10.9. The minimum Gasteiger partial charge on any atom is -0.371 e. The van der Waals surface area contributed by atoms with Crippen molar-refractivity contribution in [3.63, 3.8) is 0 Å². The summed E-state index contributed by atoms with van der Waals surface area (Å²) in [6.07, 6.45) is 5.01. The highest BCUT2D eigenvalue weighted by atomic mass is 16.5. The van der Waals surface area contributed by atoms with Gasteiger partial charge in [-0.2, -0.15) is 0 Å². The number of fused-ring (bicyclic) bond motifs is 3. The van der Waals surface area contributed by atoms with Gasteiger partial charge in [0.15, 0.2) is 0 Å². The third-order valence-electron chi connectivity index (χ3n) is 6.33. The molecular formula is C22H26N6O2. The number of nitrogens with one attached hydrogen (secondary N) is 3. The zero-order valence-corrected chi connectivity index (χ0v) is 16.9. The maximum atomic E-state index is 12.0. The van der Waals surface area contributed by atoms with Gasteiger partial charge in [0.1, 0.15) is 0 Å². The second-order valence-electron chi connectivity index (χ2n) is 8.71. The van der Waals surface area contributed by atoms with Crippen LogP contribution in [0.15, 0.2) is 24.3 Å². The average Bonchev–Trinajstić information content (AvgIpc) is 3.32. The molecule has 0 radical (unpaired) electrons. The summed E-state index contributed by atoms with van der Waals surface area (Å²) in [5.41, 5.74) is 5.06. The van der Waals surface area contributed by atoms with Gasteiger partial charge in [0.2, 0.25) is 5.95 Å². The quantitative estimate of drug-likeness (QED) is 0.722. The van der Waals surface area contributed by atoms with Gasteiger partial charge in [-0.15, -0.1) is 0 Å². The zero-order valence-electron chi connectivity index (χ0n) is 16.9. The van der Waals surface area contributed by atoms with E-state index < -0.39 is 0 Å². The minimum absolute atomic E-state index is 0.137. The van der Waals surface area contributed by atoms with Crippen LogP contribution < -0.4 is 20.9 Å². The molecular weight excluding hydrogens is 380 g/mol. The molecule has 1 aromatic carbocycles. The van der Waals surface area contributed by atoms with Gasteiger partial charge in [-0.25, -0.2) is 14.8 Å². The number of anilines is 2. The van der Waals surface area contributed by atoms with Crippen LogP contribution in [0.1, 0.15) is 36.9 Å². The van der Waals surface area contributed by atoms with Crippen molar-refractivity contribution < 1.29 is 9.53 Å². The van der Waals surface area contributed by atoms with Gasteiger partial charge >= 0.3 is 6.03 Å². The molecule has 0 spiro atoms. The number of carbonyl (C=O) groups is 1. The fourth-order valence-corrected chi connectivity index (χ4v) is 4.61. The van der Waals surface area contributed by atoms with Crippen LogP contribution in [-0.2, 0) is 17.8 Å². The molecule has 2 bridgehead atoms. The van der Waals surface area contributed by atoms with E-state index in [0.29, 0.717) is 18.2 Å². The van der Waals surface area contributed by atoms with Gasteiger partial charge in [-0.05, 0) is 37.8 Å². The number of amides is 2. The molecule has 4 aliphatic rings. The number of aromatic nitrogens is 2. The smallest absolute Gasteiger partial charge is 0.319 e. The molecule has 156 valence electrons. The fourth-order valence-electron chi connectivity index (χ4n) is 4.61. The van der Waals surface area contributed by atoms with E-state index in [1.165, 1.54) is 5.56 Å². The number of morpholine rings is 1. The number of carbonyl (C=O) groups excluding carboxylic acids is 1.